The molecule has 3 nitrogen and oxygen atoms in total. The number of fused-ring (bicyclic) bond motifs is 8. The van der Waals surface area contributed by atoms with Crippen molar-refractivity contribution in [2.24, 2.45) is 5.92 Å². The van der Waals surface area contributed by atoms with Crippen LogP contribution in [-0.2, 0) is 0 Å². The van der Waals surface area contributed by atoms with Crippen LogP contribution in [0.4, 0.5) is 0 Å². The monoisotopic (exact) mass is 405 g/mol. The smallest absolute Gasteiger partial charge is 0.147 e. The largest absolute Gasteiger partial charge is 0.292 e. The molecule has 154 valence electrons. The molecule has 0 atom stereocenters. The van der Waals surface area contributed by atoms with Gasteiger partial charge in [0, 0.05) is 17.0 Å². The maximum absolute atomic E-state index is 4.99. The third kappa shape index (κ3) is 2.95. The average Bonchev–Trinajstić information content (AvgIpc) is 3.23. The predicted molar refractivity (Wildman–Crippen MR) is 130 cm³/mol. The van der Waals surface area contributed by atoms with Crippen LogP contribution in [0, 0.1) is 5.92 Å². The van der Waals surface area contributed by atoms with Gasteiger partial charge in [-0.15, -0.1) is 0 Å². The van der Waals surface area contributed by atoms with Crippen molar-refractivity contribution in [1.29, 1.82) is 0 Å². The van der Waals surface area contributed by atoms with Gasteiger partial charge in [0.1, 0.15) is 5.65 Å². The summed E-state index contributed by atoms with van der Waals surface area (Å²) in [6, 6.07) is 19.5. The fraction of sp³-hybridized carbons (Fsp3) is 0.286. The molecule has 3 heterocycles. The molecule has 0 saturated heterocycles. The van der Waals surface area contributed by atoms with Gasteiger partial charge in [-0.05, 0) is 79.8 Å². The maximum atomic E-state index is 4.99. The molecule has 1 aliphatic rings. The number of imidazole rings is 1. The molecule has 0 unspecified atom stereocenters. The van der Waals surface area contributed by atoms with Gasteiger partial charge in [-0.1, -0.05) is 43.3 Å². The zero-order valence-corrected chi connectivity index (χ0v) is 18.0. The summed E-state index contributed by atoms with van der Waals surface area (Å²) in [7, 11) is 0. The molecule has 0 bridgehead atoms. The van der Waals surface area contributed by atoms with E-state index >= 15 is 0 Å². The Hall–Kier alpha value is -3.20. The van der Waals surface area contributed by atoms with Gasteiger partial charge in [0.2, 0.25) is 0 Å². The summed E-state index contributed by atoms with van der Waals surface area (Å²) in [5, 5.41) is 2.44. The van der Waals surface area contributed by atoms with Crippen LogP contribution in [0.1, 0.15) is 50.5 Å². The van der Waals surface area contributed by atoms with Crippen molar-refractivity contribution in [3.8, 4) is 0 Å². The fourth-order valence-corrected chi connectivity index (χ4v) is 5.53. The fourth-order valence-electron chi connectivity index (χ4n) is 5.53. The first kappa shape index (κ1) is 18.6. The Bertz CT molecular complexity index is 1430. The van der Waals surface area contributed by atoms with Gasteiger partial charge >= 0.3 is 0 Å². The minimum Gasteiger partial charge on any atom is -0.292 e. The summed E-state index contributed by atoms with van der Waals surface area (Å²) in [6.07, 6.45) is 12.9. The Morgan fingerprint density at radius 1 is 0.935 bits per heavy atom. The molecule has 1 aliphatic carbocycles. The normalized spacial score (nSPS) is 19.9. The predicted octanol–water partition coefficient (Wildman–Crippen LogP) is 7.43. The van der Waals surface area contributed by atoms with E-state index in [-0.39, 0.29) is 0 Å². The van der Waals surface area contributed by atoms with Crippen LogP contribution in [0.15, 0.2) is 72.9 Å². The van der Waals surface area contributed by atoms with Crippen LogP contribution in [0.25, 0.3) is 38.5 Å². The van der Waals surface area contributed by atoms with Crippen LogP contribution in [0.5, 0.6) is 0 Å². The number of hydrogen-bond donors (Lipinski definition) is 0. The number of aromatic nitrogens is 3. The first-order valence-electron chi connectivity index (χ1n) is 11.6. The second kappa shape index (κ2) is 7.49. The second-order valence-corrected chi connectivity index (χ2v) is 8.85. The number of benzene rings is 2. The lowest BCUT2D eigenvalue weighted by molar-refractivity contribution is 0.377. The summed E-state index contributed by atoms with van der Waals surface area (Å²) in [4.78, 5) is 9.87. The SMILES string of the molecule is CC/C=C/C1CCC(c2cccc3c2c2ncccc2c2nc4ccccc4n32)CC1. The minimum absolute atomic E-state index is 0.590. The standard InChI is InChI=1S/C28H27N3/c1-2-3-8-19-14-16-20(17-15-19)21-9-6-13-25-26(21)27-22(10-7-18-29-27)28-30-23-11-4-5-12-24(23)31(25)28/h3-13,18-20H,2,14-17H2,1H3/b8-3+. The van der Waals surface area contributed by atoms with Crippen molar-refractivity contribution in [2.45, 2.75) is 44.9 Å². The minimum atomic E-state index is 0.590. The Labute approximate surface area is 182 Å². The zero-order valence-electron chi connectivity index (χ0n) is 18.0. The molecule has 1 fully saturated rings. The topological polar surface area (TPSA) is 30.2 Å². The zero-order chi connectivity index (χ0) is 20.8. The number of allylic oxidation sites excluding steroid dienone is 2. The van der Waals surface area contributed by atoms with E-state index in [0.29, 0.717) is 5.92 Å². The van der Waals surface area contributed by atoms with Gasteiger partial charge in [0.25, 0.3) is 0 Å². The van der Waals surface area contributed by atoms with Crippen LogP contribution in [-0.4, -0.2) is 14.4 Å². The molecule has 3 aromatic heterocycles. The molecular weight excluding hydrogens is 378 g/mol. The van der Waals surface area contributed by atoms with Crippen LogP contribution in [0.2, 0.25) is 0 Å². The van der Waals surface area contributed by atoms with Crippen molar-refractivity contribution < 1.29 is 0 Å². The highest BCUT2D eigenvalue weighted by Gasteiger charge is 2.24. The van der Waals surface area contributed by atoms with Crippen molar-refractivity contribution in [3.63, 3.8) is 0 Å². The molecule has 0 amide bonds. The first-order valence-corrected chi connectivity index (χ1v) is 11.6. The molecule has 0 spiro atoms. The van der Waals surface area contributed by atoms with Crippen LogP contribution >= 0.6 is 0 Å². The third-order valence-electron chi connectivity index (χ3n) is 7.02. The van der Waals surface area contributed by atoms with E-state index in [2.05, 4.69) is 72.0 Å². The molecule has 6 rings (SSSR count). The van der Waals surface area contributed by atoms with E-state index in [9.17, 15) is 0 Å². The number of pyridine rings is 2. The first-order chi connectivity index (χ1) is 15.3. The third-order valence-corrected chi connectivity index (χ3v) is 7.02. The molecule has 0 N–H and O–H groups in total. The molecule has 0 aliphatic heterocycles. The highest BCUT2D eigenvalue weighted by molar-refractivity contribution is 6.13. The summed E-state index contributed by atoms with van der Waals surface area (Å²) < 4.78 is 2.34. The van der Waals surface area contributed by atoms with E-state index in [4.69, 9.17) is 9.97 Å². The Morgan fingerprint density at radius 3 is 2.65 bits per heavy atom. The van der Waals surface area contributed by atoms with Gasteiger partial charge in [0.15, 0.2) is 0 Å². The Kier molecular flexibility index (Phi) is 4.48. The van der Waals surface area contributed by atoms with E-state index in [1.54, 1.807) is 0 Å². The number of rotatable bonds is 3. The van der Waals surface area contributed by atoms with E-state index in [1.807, 2.05) is 12.3 Å². The summed E-state index contributed by atoms with van der Waals surface area (Å²) in [5.41, 5.74) is 6.97. The van der Waals surface area contributed by atoms with E-state index in [0.717, 1.165) is 34.4 Å². The Balaban J connectivity index is 1.60. The lowest BCUT2D eigenvalue weighted by Crippen LogP contribution is -2.12. The molecule has 5 aromatic rings. The van der Waals surface area contributed by atoms with E-state index < -0.39 is 0 Å². The lowest BCUT2D eigenvalue weighted by Gasteiger charge is -2.28. The highest BCUT2D eigenvalue weighted by atomic mass is 15.0. The van der Waals surface area contributed by atoms with Crippen molar-refractivity contribution in [3.05, 3.63) is 78.5 Å². The maximum Gasteiger partial charge on any atom is 0.147 e. The molecule has 2 aromatic carbocycles. The molecule has 3 heteroatoms. The molecule has 0 radical (unpaired) electrons. The average molecular weight is 406 g/mol. The van der Waals surface area contributed by atoms with E-state index in [1.165, 1.54) is 47.7 Å². The number of hydrogen-bond acceptors (Lipinski definition) is 2. The van der Waals surface area contributed by atoms with Crippen LogP contribution < -0.4 is 0 Å². The Morgan fingerprint density at radius 2 is 1.77 bits per heavy atom. The lowest BCUT2D eigenvalue weighted by atomic mass is 9.77. The molecule has 31 heavy (non-hydrogen) atoms. The van der Waals surface area contributed by atoms with Crippen molar-refractivity contribution in [1.82, 2.24) is 14.4 Å². The van der Waals surface area contributed by atoms with Crippen molar-refractivity contribution in [2.75, 3.05) is 0 Å². The summed E-state index contributed by atoms with van der Waals surface area (Å²) >= 11 is 0. The van der Waals surface area contributed by atoms with Gasteiger partial charge in [0.05, 0.1) is 22.1 Å². The molecular formula is C28H27N3. The van der Waals surface area contributed by atoms with Gasteiger partial charge in [-0.2, -0.15) is 0 Å². The number of para-hydroxylation sites is 2. The number of nitrogens with zero attached hydrogens (tertiary/aromatic N) is 3. The second-order valence-electron chi connectivity index (χ2n) is 8.85. The molecule has 1 saturated carbocycles. The summed E-state index contributed by atoms with van der Waals surface area (Å²) in [6.45, 7) is 2.22. The van der Waals surface area contributed by atoms with Gasteiger partial charge < -0.3 is 0 Å². The highest BCUT2D eigenvalue weighted by Crippen LogP contribution is 2.41. The van der Waals surface area contributed by atoms with Crippen LogP contribution in [0.3, 0.4) is 0 Å². The summed E-state index contributed by atoms with van der Waals surface area (Å²) in [5.74, 6) is 1.33. The van der Waals surface area contributed by atoms with Gasteiger partial charge in [-0.25, -0.2) is 4.98 Å². The quantitative estimate of drug-likeness (QED) is 0.231. The van der Waals surface area contributed by atoms with Crippen molar-refractivity contribution >= 4 is 38.5 Å². The van der Waals surface area contributed by atoms with Gasteiger partial charge in [-0.3, -0.25) is 9.38 Å².